The maximum atomic E-state index is 5.63. The van der Waals surface area contributed by atoms with E-state index in [1.54, 1.807) is 7.11 Å². The third-order valence-corrected chi connectivity index (χ3v) is 4.19. The van der Waals surface area contributed by atoms with Gasteiger partial charge < -0.3 is 14.8 Å². The molecule has 2 rings (SSSR count). The Balaban J connectivity index is 1.79. The number of hydrogen-bond acceptors (Lipinski definition) is 3. The largest absolute Gasteiger partial charge is 0.385 e. The predicted molar refractivity (Wildman–Crippen MR) is 81.6 cm³/mol. The maximum Gasteiger partial charge on any atom is 0.0744 e. The van der Waals surface area contributed by atoms with Crippen LogP contribution in [0.4, 0.5) is 5.69 Å². The van der Waals surface area contributed by atoms with Crippen molar-refractivity contribution in [2.45, 2.75) is 38.4 Å². The second-order valence-corrected chi connectivity index (χ2v) is 5.76. The molecule has 106 valence electrons. The zero-order chi connectivity index (χ0) is 13.5. The Morgan fingerprint density at radius 2 is 2.37 bits per heavy atom. The first-order valence-electron chi connectivity index (χ1n) is 6.93. The fourth-order valence-electron chi connectivity index (χ4n) is 2.44. The van der Waals surface area contributed by atoms with Crippen LogP contribution in [0.3, 0.4) is 0 Å². The van der Waals surface area contributed by atoms with E-state index in [1.807, 2.05) is 12.1 Å². The average Bonchev–Trinajstić information content (AvgIpc) is 2.91. The molecule has 1 atom stereocenters. The first kappa shape index (κ1) is 14.8. The molecule has 0 spiro atoms. The van der Waals surface area contributed by atoms with Crippen molar-refractivity contribution in [3.63, 3.8) is 0 Å². The second kappa shape index (κ2) is 7.88. The van der Waals surface area contributed by atoms with Crippen molar-refractivity contribution in [3.8, 4) is 0 Å². The van der Waals surface area contributed by atoms with Crippen LogP contribution in [-0.4, -0.2) is 26.4 Å². The zero-order valence-electron chi connectivity index (χ0n) is 11.5. The molecule has 4 heteroatoms. The van der Waals surface area contributed by atoms with Crippen LogP contribution in [0.5, 0.6) is 0 Å². The van der Waals surface area contributed by atoms with E-state index in [0.29, 0.717) is 12.7 Å². The molecule has 1 fully saturated rings. The highest BCUT2D eigenvalue weighted by molar-refractivity contribution is 9.10. The van der Waals surface area contributed by atoms with Crippen LogP contribution in [0.1, 0.15) is 31.2 Å². The quantitative estimate of drug-likeness (QED) is 0.769. The minimum atomic E-state index is 0.489. The minimum absolute atomic E-state index is 0.489. The zero-order valence-corrected chi connectivity index (χ0v) is 13.0. The molecule has 0 aromatic heterocycles. The van der Waals surface area contributed by atoms with E-state index in [-0.39, 0.29) is 0 Å². The lowest BCUT2D eigenvalue weighted by atomic mass is 10.1. The predicted octanol–water partition coefficient (Wildman–Crippen LogP) is 3.97. The van der Waals surface area contributed by atoms with E-state index < -0.39 is 0 Å². The Morgan fingerprint density at radius 1 is 1.47 bits per heavy atom. The lowest BCUT2D eigenvalue weighted by Crippen LogP contribution is -2.10. The Morgan fingerprint density at radius 3 is 3.11 bits per heavy atom. The van der Waals surface area contributed by atoms with Gasteiger partial charge in [-0.1, -0.05) is 22.0 Å². The van der Waals surface area contributed by atoms with Gasteiger partial charge in [0.2, 0.25) is 0 Å². The first-order chi connectivity index (χ1) is 9.31. The summed E-state index contributed by atoms with van der Waals surface area (Å²) in [5.41, 5.74) is 2.34. The molecule has 1 saturated heterocycles. The molecule has 1 aliphatic heterocycles. The molecule has 0 saturated carbocycles. The second-order valence-electron chi connectivity index (χ2n) is 4.90. The molecular weight excluding hydrogens is 306 g/mol. The lowest BCUT2D eigenvalue weighted by molar-refractivity contribution is 0.103. The van der Waals surface area contributed by atoms with Crippen LogP contribution < -0.4 is 5.32 Å². The molecule has 0 bridgehead atoms. The van der Waals surface area contributed by atoms with E-state index in [9.17, 15) is 0 Å². The Labute approximate surface area is 123 Å². The van der Waals surface area contributed by atoms with Crippen LogP contribution in [0, 0.1) is 0 Å². The monoisotopic (exact) mass is 327 g/mol. The standard InChI is InChI=1S/C15H22BrNO2/c1-18-11-13-14(16)7-2-8-15(13)17-9-3-5-12-6-4-10-19-12/h2,7-8,12,17H,3-6,9-11H2,1H3. The van der Waals surface area contributed by atoms with Crippen LogP contribution in [0.2, 0.25) is 0 Å². The third-order valence-electron chi connectivity index (χ3n) is 3.45. The Bertz CT molecular complexity index is 392. The fraction of sp³-hybridized carbons (Fsp3) is 0.600. The summed E-state index contributed by atoms with van der Waals surface area (Å²) >= 11 is 3.57. The van der Waals surface area contributed by atoms with Gasteiger partial charge in [0.25, 0.3) is 0 Å². The van der Waals surface area contributed by atoms with E-state index in [4.69, 9.17) is 9.47 Å². The summed E-state index contributed by atoms with van der Waals surface area (Å²) in [6.45, 7) is 2.55. The third kappa shape index (κ3) is 4.48. The molecule has 19 heavy (non-hydrogen) atoms. The molecule has 1 unspecified atom stereocenters. The number of methoxy groups -OCH3 is 1. The van der Waals surface area contributed by atoms with E-state index in [0.717, 1.165) is 36.2 Å². The average molecular weight is 328 g/mol. The number of halogens is 1. The highest BCUT2D eigenvalue weighted by Crippen LogP contribution is 2.25. The van der Waals surface area contributed by atoms with Crippen molar-refractivity contribution in [2.24, 2.45) is 0 Å². The smallest absolute Gasteiger partial charge is 0.0744 e. The van der Waals surface area contributed by atoms with Crippen LogP contribution in [0.25, 0.3) is 0 Å². The Hall–Kier alpha value is -0.580. The summed E-state index contributed by atoms with van der Waals surface area (Å²) in [4.78, 5) is 0. The SMILES string of the molecule is COCc1c(Br)cccc1NCCCC1CCCO1. The summed E-state index contributed by atoms with van der Waals surface area (Å²) in [6, 6.07) is 6.20. The fourth-order valence-corrected chi connectivity index (χ4v) is 2.92. The summed E-state index contributed by atoms with van der Waals surface area (Å²) in [5.74, 6) is 0. The van der Waals surface area contributed by atoms with Gasteiger partial charge in [-0.05, 0) is 37.8 Å². The summed E-state index contributed by atoms with van der Waals surface area (Å²) in [6.07, 6.45) is 5.24. The van der Waals surface area contributed by atoms with E-state index >= 15 is 0 Å². The van der Waals surface area contributed by atoms with Gasteiger partial charge in [-0.25, -0.2) is 0 Å². The van der Waals surface area contributed by atoms with Crippen molar-refractivity contribution >= 4 is 21.6 Å². The van der Waals surface area contributed by atoms with Crippen molar-refractivity contribution in [1.29, 1.82) is 0 Å². The number of benzene rings is 1. The molecule has 1 aliphatic rings. The van der Waals surface area contributed by atoms with Gasteiger partial charge in [-0.15, -0.1) is 0 Å². The number of rotatable bonds is 7. The van der Waals surface area contributed by atoms with Crippen LogP contribution in [-0.2, 0) is 16.1 Å². The molecule has 0 aliphatic carbocycles. The number of ether oxygens (including phenoxy) is 2. The summed E-state index contributed by atoms with van der Waals surface area (Å²) < 4.78 is 12.0. The maximum absolute atomic E-state index is 5.63. The number of anilines is 1. The Kier molecular flexibility index (Phi) is 6.14. The van der Waals surface area contributed by atoms with Crippen molar-refractivity contribution in [2.75, 3.05) is 25.6 Å². The van der Waals surface area contributed by atoms with Gasteiger partial charge in [-0.2, -0.15) is 0 Å². The van der Waals surface area contributed by atoms with E-state index in [1.165, 1.54) is 18.4 Å². The first-order valence-corrected chi connectivity index (χ1v) is 7.72. The molecule has 0 amide bonds. The van der Waals surface area contributed by atoms with Crippen molar-refractivity contribution in [3.05, 3.63) is 28.2 Å². The van der Waals surface area contributed by atoms with Crippen LogP contribution in [0.15, 0.2) is 22.7 Å². The molecule has 1 N–H and O–H groups in total. The van der Waals surface area contributed by atoms with Gasteiger partial charge in [-0.3, -0.25) is 0 Å². The van der Waals surface area contributed by atoms with Gasteiger partial charge in [0.15, 0.2) is 0 Å². The highest BCUT2D eigenvalue weighted by atomic mass is 79.9. The van der Waals surface area contributed by atoms with E-state index in [2.05, 4.69) is 27.3 Å². The van der Waals surface area contributed by atoms with Crippen molar-refractivity contribution in [1.82, 2.24) is 0 Å². The summed E-state index contributed by atoms with van der Waals surface area (Å²) in [7, 11) is 1.72. The number of nitrogens with one attached hydrogen (secondary N) is 1. The normalized spacial score (nSPS) is 18.7. The molecule has 0 radical (unpaired) electrons. The van der Waals surface area contributed by atoms with Gasteiger partial charge in [0.05, 0.1) is 12.7 Å². The molecule has 1 heterocycles. The van der Waals surface area contributed by atoms with Gasteiger partial charge in [0, 0.05) is 36.0 Å². The minimum Gasteiger partial charge on any atom is -0.385 e. The van der Waals surface area contributed by atoms with Gasteiger partial charge in [0.1, 0.15) is 0 Å². The summed E-state index contributed by atoms with van der Waals surface area (Å²) in [5, 5.41) is 3.50. The molecule has 1 aromatic carbocycles. The van der Waals surface area contributed by atoms with Gasteiger partial charge >= 0.3 is 0 Å². The lowest BCUT2D eigenvalue weighted by Gasteiger charge is -2.14. The molecule has 3 nitrogen and oxygen atoms in total. The highest BCUT2D eigenvalue weighted by Gasteiger charge is 2.14. The topological polar surface area (TPSA) is 30.5 Å². The number of hydrogen-bond donors (Lipinski definition) is 1. The molecular formula is C15H22BrNO2. The van der Waals surface area contributed by atoms with Crippen molar-refractivity contribution < 1.29 is 9.47 Å². The van der Waals surface area contributed by atoms with Crippen LogP contribution >= 0.6 is 15.9 Å². The molecule has 1 aromatic rings.